The summed E-state index contributed by atoms with van der Waals surface area (Å²) in [6, 6.07) is 6.35. The Labute approximate surface area is 146 Å². The largest absolute Gasteiger partial charge is 0.493 e. The predicted molar refractivity (Wildman–Crippen MR) is 94.0 cm³/mol. The number of methoxy groups -OCH3 is 1. The molecule has 0 fully saturated rings. The van der Waals surface area contributed by atoms with Crippen LogP contribution in [0.5, 0.6) is 11.5 Å². The number of rotatable bonds is 7. The van der Waals surface area contributed by atoms with Crippen LogP contribution in [0.4, 0.5) is 11.5 Å². The van der Waals surface area contributed by atoms with E-state index in [-0.39, 0.29) is 11.5 Å². The van der Waals surface area contributed by atoms with Gasteiger partial charge in [0.15, 0.2) is 11.5 Å². The van der Waals surface area contributed by atoms with E-state index in [0.29, 0.717) is 23.7 Å². The highest BCUT2D eigenvalue weighted by atomic mass is 79.9. The van der Waals surface area contributed by atoms with Gasteiger partial charge in [0, 0.05) is 22.3 Å². The third kappa shape index (κ3) is 4.19. The van der Waals surface area contributed by atoms with E-state index in [1.54, 1.807) is 19.2 Å². The van der Waals surface area contributed by atoms with Crippen molar-refractivity contribution in [3.63, 3.8) is 0 Å². The van der Waals surface area contributed by atoms with E-state index in [4.69, 9.17) is 9.47 Å². The molecule has 0 saturated carbocycles. The SMILES string of the molecule is CCOc1cc(/C=N\Nc2ncccc2[N+](=O)[O-])c(Br)cc1OC. The highest BCUT2D eigenvalue weighted by Gasteiger charge is 2.13. The number of hydrogen-bond donors (Lipinski definition) is 1. The zero-order valence-electron chi connectivity index (χ0n) is 13.0. The minimum Gasteiger partial charge on any atom is -0.493 e. The van der Waals surface area contributed by atoms with Crippen molar-refractivity contribution in [3.8, 4) is 11.5 Å². The summed E-state index contributed by atoms with van der Waals surface area (Å²) >= 11 is 3.42. The normalized spacial score (nSPS) is 10.6. The molecule has 2 aromatic rings. The summed E-state index contributed by atoms with van der Waals surface area (Å²) in [5.41, 5.74) is 3.13. The number of hydrazone groups is 1. The van der Waals surface area contributed by atoms with E-state index < -0.39 is 4.92 Å². The monoisotopic (exact) mass is 394 g/mol. The van der Waals surface area contributed by atoms with Gasteiger partial charge >= 0.3 is 5.69 Å². The van der Waals surface area contributed by atoms with Crippen LogP contribution in [0.15, 0.2) is 40.0 Å². The van der Waals surface area contributed by atoms with Gasteiger partial charge in [-0.15, -0.1) is 0 Å². The topological polar surface area (TPSA) is 98.9 Å². The van der Waals surface area contributed by atoms with Crippen LogP contribution in [0.2, 0.25) is 0 Å². The molecule has 0 bridgehead atoms. The smallest absolute Gasteiger partial charge is 0.313 e. The van der Waals surface area contributed by atoms with Gasteiger partial charge in [0.1, 0.15) is 0 Å². The van der Waals surface area contributed by atoms with E-state index in [2.05, 4.69) is 31.4 Å². The zero-order chi connectivity index (χ0) is 17.5. The Kier molecular flexibility index (Phi) is 6.07. The van der Waals surface area contributed by atoms with Crippen LogP contribution in [-0.2, 0) is 0 Å². The number of ether oxygens (including phenoxy) is 2. The van der Waals surface area contributed by atoms with Crippen molar-refractivity contribution in [1.82, 2.24) is 4.98 Å². The average molecular weight is 395 g/mol. The first-order valence-corrected chi connectivity index (χ1v) is 7.75. The van der Waals surface area contributed by atoms with Gasteiger partial charge in [-0.25, -0.2) is 4.98 Å². The number of aromatic nitrogens is 1. The maximum absolute atomic E-state index is 10.9. The Bertz CT molecular complexity index is 767. The van der Waals surface area contributed by atoms with Crippen LogP contribution in [-0.4, -0.2) is 29.8 Å². The maximum atomic E-state index is 10.9. The first kappa shape index (κ1) is 17.7. The number of nitro groups is 1. The third-order valence-corrected chi connectivity index (χ3v) is 3.63. The molecule has 0 atom stereocenters. The van der Waals surface area contributed by atoms with Crippen molar-refractivity contribution in [2.45, 2.75) is 6.92 Å². The van der Waals surface area contributed by atoms with Crippen molar-refractivity contribution in [3.05, 3.63) is 50.6 Å². The second-order valence-electron chi connectivity index (χ2n) is 4.46. The van der Waals surface area contributed by atoms with Gasteiger partial charge in [0.25, 0.3) is 0 Å². The molecule has 1 aromatic heterocycles. The summed E-state index contributed by atoms with van der Waals surface area (Å²) in [5, 5.41) is 14.9. The fraction of sp³-hybridized carbons (Fsp3) is 0.200. The molecular weight excluding hydrogens is 380 g/mol. The first-order valence-electron chi connectivity index (χ1n) is 6.95. The van der Waals surface area contributed by atoms with Gasteiger partial charge in [-0.1, -0.05) is 0 Å². The van der Waals surface area contributed by atoms with Crippen molar-refractivity contribution in [1.29, 1.82) is 0 Å². The van der Waals surface area contributed by atoms with Gasteiger partial charge in [-0.2, -0.15) is 5.10 Å². The van der Waals surface area contributed by atoms with Gasteiger partial charge in [-0.3, -0.25) is 15.5 Å². The van der Waals surface area contributed by atoms with Gasteiger partial charge < -0.3 is 9.47 Å². The molecule has 2 rings (SSSR count). The van der Waals surface area contributed by atoms with Crippen molar-refractivity contribution in [2.75, 3.05) is 19.1 Å². The van der Waals surface area contributed by atoms with Crippen molar-refractivity contribution in [2.24, 2.45) is 5.10 Å². The molecule has 0 saturated heterocycles. The molecule has 0 amide bonds. The van der Waals surface area contributed by atoms with Gasteiger partial charge in [0.05, 0.1) is 24.9 Å². The van der Waals surface area contributed by atoms with E-state index in [0.717, 1.165) is 4.47 Å². The summed E-state index contributed by atoms with van der Waals surface area (Å²) in [4.78, 5) is 14.3. The van der Waals surface area contributed by atoms with E-state index >= 15 is 0 Å². The average Bonchev–Trinajstić information content (AvgIpc) is 2.57. The summed E-state index contributed by atoms with van der Waals surface area (Å²) < 4.78 is 11.5. The maximum Gasteiger partial charge on any atom is 0.313 e. The number of hydrogen-bond acceptors (Lipinski definition) is 7. The van der Waals surface area contributed by atoms with Crippen molar-refractivity contribution < 1.29 is 14.4 Å². The number of anilines is 1. The van der Waals surface area contributed by atoms with Crippen molar-refractivity contribution >= 4 is 33.6 Å². The Morgan fingerprint density at radius 1 is 1.46 bits per heavy atom. The van der Waals surface area contributed by atoms with Crippen LogP contribution in [0.3, 0.4) is 0 Å². The lowest BCUT2D eigenvalue weighted by molar-refractivity contribution is -0.384. The van der Waals surface area contributed by atoms with Crippen LogP contribution in [0, 0.1) is 10.1 Å². The van der Waals surface area contributed by atoms with Crippen LogP contribution in [0.25, 0.3) is 0 Å². The van der Waals surface area contributed by atoms with Gasteiger partial charge in [0.2, 0.25) is 5.82 Å². The molecule has 1 N–H and O–H groups in total. The molecule has 0 aliphatic carbocycles. The lowest BCUT2D eigenvalue weighted by atomic mass is 10.2. The standard InChI is InChI=1S/C15H15BrN4O4/c1-3-24-14-7-10(11(16)8-13(14)23-2)9-18-19-15-12(20(21)22)5-4-6-17-15/h4-9H,3H2,1-2H3,(H,17,19)/b18-9-. The van der Waals surface area contributed by atoms with E-state index in [1.807, 2.05) is 6.92 Å². The summed E-state index contributed by atoms with van der Waals surface area (Å²) in [6.45, 7) is 2.37. The number of benzene rings is 1. The third-order valence-electron chi connectivity index (χ3n) is 2.94. The zero-order valence-corrected chi connectivity index (χ0v) is 14.6. The molecule has 24 heavy (non-hydrogen) atoms. The second kappa shape index (κ2) is 8.25. The summed E-state index contributed by atoms with van der Waals surface area (Å²) in [5.74, 6) is 1.23. The first-order chi connectivity index (χ1) is 11.6. The molecule has 0 spiro atoms. The minimum atomic E-state index is -0.526. The lowest BCUT2D eigenvalue weighted by Gasteiger charge is -2.11. The number of halogens is 1. The minimum absolute atomic E-state index is 0.0633. The molecule has 1 aromatic carbocycles. The molecule has 9 heteroatoms. The highest BCUT2D eigenvalue weighted by molar-refractivity contribution is 9.10. The Morgan fingerprint density at radius 3 is 2.92 bits per heavy atom. The molecule has 0 radical (unpaired) electrons. The quantitative estimate of drug-likeness (QED) is 0.437. The Balaban J connectivity index is 2.23. The summed E-state index contributed by atoms with van der Waals surface area (Å²) in [6.07, 6.45) is 2.95. The van der Waals surface area contributed by atoms with E-state index in [1.165, 1.54) is 24.5 Å². The molecule has 0 unspecified atom stereocenters. The Morgan fingerprint density at radius 2 is 2.25 bits per heavy atom. The van der Waals surface area contributed by atoms with Crippen LogP contribution in [0.1, 0.15) is 12.5 Å². The lowest BCUT2D eigenvalue weighted by Crippen LogP contribution is -2.00. The Hall–Kier alpha value is -2.68. The number of nitrogens with one attached hydrogen (secondary N) is 1. The molecule has 0 aliphatic heterocycles. The fourth-order valence-electron chi connectivity index (χ4n) is 1.87. The van der Waals surface area contributed by atoms with E-state index in [9.17, 15) is 10.1 Å². The molecule has 8 nitrogen and oxygen atoms in total. The van der Waals surface area contributed by atoms with Crippen LogP contribution >= 0.6 is 15.9 Å². The van der Waals surface area contributed by atoms with Crippen LogP contribution < -0.4 is 14.9 Å². The highest BCUT2D eigenvalue weighted by Crippen LogP contribution is 2.33. The molecule has 1 heterocycles. The number of nitrogens with zero attached hydrogens (tertiary/aromatic N) is 3. The summed E-state index contributed by atoms with van der Waals surface area (Å²) in [7, 11) is 1.56. The molecule has 126 valence electrons. The fourth-order valence-corrected chi connectivity index (χ4v) is 2.30. The second-order valence-corrected chi connectivity index (χ2v) is 5.31. The van der Waals surface area contributed by atoms with Gasteiger partial charge in [-0.05, 0) is 41.1 Å². The molecule has 0 aliphatic rings. The predicted octanol–water partition coefficient (Wildman–Crippen LogP) is 3.61. The molecular formula is C15H15BrN4O4. The number of pyridine rings is 1.